The average molecular weight is 348 g/mol. The van der Waals surface area contributed by atoms with Crippen LogP contribution in [0, 0.1) is 0 Å². The van der Waals surface area contributed by atoms with E-state index in [1.54, 1.807) is 6.20 Å². The van der Waals surface area contributed by atoms with E-state index in [1.807, 2.05) is 36.7 Å². The van der Waals surface area contributed by atoms with Gasteiger partial charge in [-0.2, -0.15) is 8.75 Å². The Bertz CT molecular complexity index is 968. The summed E-state index contributed by atoms with van der Waals surface area (Å²) in [5, 5.41) is 0. The van der Waals surface area contributed by atoms with Crippen molar-refractivity contribution in [2.75, 3.05) is 7.05 Å². The Morgan fingerprint density at radius 1 is 0.880 bits per heavy atom. The third-order valence-electron chi connectivity index (χ3n) is 3.82. The number of fused-ring (bicyclic) bond motifs is 1. The van der Waals surface area contributed by atoms with Crippen LogP contribution in [0.2, 0.25) is 0 Å². The molecule has 1 aromatic carbocycles. The number of nitrogens with zero attached hydrogens (tertiary/aromatic N) is 6. The molecule has 0 atom stereocenters. The molecule has 0 bridgehead atoms. The molecule has 0 amide bonds. The quantitative estimate of drug-likeness (QED) is 0.552. The highest BCUT2D eigenvalue weighted by Gasteiger charge is 2.07. The monoisotopic (exact) mass is 348 g/mol. The maximum Gasteiger partial charge on any atom is 0.178 e. The van der Waals surface area contributed by atoms with Crippen molar-refractivity contribution in [3.63, 3.8) is 0 Å². The van der Waals surface area contributed by atoms with Gasteiger partial charge in [-0.05, 0) is 36.9 Å². The van der Waals surface area contributed by atoms with Crippen LogP contribution in [0.1, 0.15) is 11.1 Å². The second-order valence-electron chi connectivity index (χ2n) is 5.89. The van der Waals surface area contributed by atoms with Crippen LogP contribution in [0.25, 0.3) is 22.6 Å². The molecule has 4 aromatic rings. The van der Waals surface area contributed by atoms with E-state index in [2.05, 4.69) is 47.8 Å². The van der Waals surface area contributed by atoms with Crippen molar-refractivity contribution in [3.05, 3.63) is 66.1 Å². The molecule has 7 heteroatoms. The standard InChI is InChI=1S/C18H16N6S/c1-24(11-13-5-6-15-17(8-13)23-25-22-15)12-14-9-20-18(21-10-14)16-4-2-3-7-19-16/h2-10H,11-12H2,1H3. The van der Waals surface area contributed by atoms with Gasteiger partial charge in [0.05, 0.1) is 11.7 Å². The van der Waals surface area contributed by atoms with Crippen molar-refractivity contribution in [2.24, 2.45) is 0 Å². The van der Waals surface area contributed by atoms with Crippen LogP contribution in [-0.4, -0.2) is 35.6 Å². The lowest BCUT2D eigenvalue weighted by molar-refractivity contribution is 0.318. The summed E-state index contributed by atoms with van der Waals surface area (Å²) in [5.74, 6) is 0.647. The highest BCUT2D eigenvalue weighted by Crippen LogP contribution is 2.16. The summed E-state index contributed by atoms with van der Waals surface area (Å²) in [4.78, 5) is 15.3. The van der Waals surface area contributed by atoms with Gasteiger partial charge < -0.3 is 0 Å². The fraction of sp³-hybridized carbons (Fsp3) is 0.167. The van der Waals surface area contributed by atoms with E-state index in [4.69, 9.17) is 0 Å². The van der Waals surface area contributed by atoms with Crippen LogP contribution < -0.4 is 0 Å². The van der Waals surface area contributed by atoms with E-state index in [9.17, 15) is 0 Å². The molecule has 25 heavy (non-hydrogen) atoms. The fourth-order valence-electron chi connectivity index (χ4n) is 2.67. The van der Waals surface area contributed by atoms with Crippen LogP contribution in [0.4, 0.5) is 0 Å². The normalized spacial score (nSPS) is 11.3. The Hall–Kier alpha value is -2.77. The van der Waals surface area contributed by atoms with E-state index >= 15 is 0 Å². The topological polar surface area (TPSA) is 67.7 Å². The first-order valence-corrected chi connectivity index (χ1v) is 8.63. The fourth-order valence-corrected chi connectivity index (χ4v) is 3.19. The lowest BCUT2D eigenvalue weighted by Gasteiger charge is -2.16. The molecule has 0 radical (unpaired) electrons. The molecule has 3 aromatic heterocycles. The molecule has 0 aliphatic rings. The van der Waals surface area contributed by atoms with Gasteiger partial charge in [-0.3, -0.25) is 9.88 Å². The number of aromatic nitrogens is 5. The lowest BCUT2D eigenvalue weighted by Crippen LogP contribution is -2.17. The number of hydrogen-bond donors (Lipinski definition) is 0. The first-order valence-electron chi connectivity index (χ1n) is 7.90. The van der Waals surface area contributed by atoms with Gasteiger partial charge in [0.1, 0.15) is 16.7 Å². The predicted molar refractivity (Wildman–Crippen MR) is 97.8 cm³/mol. The number of pyridine rings is 1. The van der Waals surface area contributed by atoms with E-state index in [-0.39, 0.29) is 0 Å². The second kappa shape index (κ2) is 7.00. The van der Waals surface area contributed by atoms with Gasteiger partial charge in [0.25, 0.3) is 0 Å². The van der Waals surface area contributed by atoms with E-state index < -0.39 is 0 Å². The highest BCUT2D eigenvalue weighted by molar-refractivity contribution is 7.00. The smallest absolute Gasteiger partial charge is 0.178 e. The molecule has 0 saturated carbocycles. The van der Waals surface area contributed by atoms with E-state index in [0.717, 1.165) is 35.4 Å². The molecule has 0 unspecified atom stereocenters. The van der Waals surface area contributed by atoms with Gasteiger partial charge in [0, 0.05) is 37.2 Å². The Morgan fingerprint density at radius 3 is 2.48 bits per heavy atom. The molecule has 0 aliphatic heterocycles. The average Bonchev–Trinajstić information content (AvgIpc) is 3.11. The maximum absolute atomic E-state index is 4.43. The minimum absolute atomic E-state index is 0.647. The van der Waals surface area contributed by atoms with Gasteiger partial charge in [0.15, 0.2) is 5.82 Å². The second-order valence-corrected chi connectivity index (χ2v) is 6.42. The van der Waals surface area contributed by atoms with Gasteiger partial charge >= 0.3 is 0 Å². The first kappa shape index (κ1) is 15.7. The van der Waals surface area contributed by atoms with Crippen LogP contribution in [-0.2, 0) is 13.1 Å². The summed E-state index contributed by atoms with van der Waals surface area (Å²) in [6.45, 7) is 1.60. The van der Waals surface area contributed by atoms with Gasteiger partial charge in [-0.15, -0.1) is 0 Å². The largest absolute Gasteiger partial charge is 0.298 e. The molecular formula is C18H16N6S. The zero-order valence-electron chi connectivity index (χ0n) is 13.7. The summed E-state index contributed by atoms with van der Waals surface area (Å²) < 4.78 is 8.53. The number of hydrogen-bond acceptors (Lipinski definition) is 7. The molecule has 4 rings (SSSR count). The van der Waals surface area contributed by atoms with E-state index in [1.165, 1.54) is 17.3 Å². The van der Waals surface area contributed by atoms with Crippen LogP contribution in [0.15, 0.2) is 55.0 Å². The maximum atomic E-state index is 4.43. The highest BCUT2D eigenvalue weighted by atomic mass is 32.1. The SMILES string of the molecule is CN(Cc1cnc(-c2ccccn2)nc1)Cc1ccc2nsnc2c1. The van der Waals surface area contributed by atoms with Crippen LogP contribution >= 0.6 is 11.7 Å². The summed E-state index contributed by atoms with van der Waals surface area (Å²) in [5.41, 5.74) is 4.98. The molecule has 0 N–H and O–H groups in total. The third-order valence-corrected chi connectivity index (χ3v) is 4.38. The van der Waals surface area contributed by atoms with Crippen molar-refractivity contribution in [2.45, 2.75) is 13.1 Å². The minimum atomic E-state index is 0.647. The molecule has 124 valence electrons. The van der Waals surface area contributed by atoms with Crippen molar-refractivity contribution in [1.29, 1.82) is 0 Å². The van der Waals surface area contributed by atoms with E-state index in [0.29, 0.717) is 5.82 Å². The lowest BCUT2D eigenvalue weighted by atomic mass is 10.2. The van der Waals surface area contributed by atoms with Crippen LogP contribution in [0.5, 0.6) is 0 Å². The summed E-state index contributed by atoms with van der Waals surface area (Å²) in [7, 11) is 2.08. The molecular weight excluding hydrogens is 332 g/mol. The summed E-state index contributed by atoms with van der Waals surface area (Å²) in [6, 6.07) is 11.9. The van der Waals surface area contributed by atoms with Gasteiger partial charge in [-0.25, -0.2) is 9.97 Å². The minimum Gasteiger partial charge on any atom is -0.298 e. The number of benzene rings is 1. The first-order chi connectivity index (χ1) is 12.3. The van der Waals surface area contributed by atoms with Crippen molar-refractivity contribution < 1.29 is 0 Å². The third kappa shape index (κ3) is 3.67. The molecule has 3 heterocycles. The molecule has 0 aliphatic carbocycles. The Kier molecular flexibility index (Phi) is 4.41. The van der Waals surface area contributed by atoms with Crippen molar-refractivity contribution >= 4 is 22.8 Å². The summed E-state index contributed by atoms with van der Waals surface area (Å²) >= 11 is 1.25. The Balaban J connectivity index is 1.42. The molecule has 0 saturated heterocycles. The molecule has 0 spiro atoms. The van der Waals surface area contributed by atoms with Crippen LogP contribution in [0.3, 0.4) is 0 Å². The number of rotatable bonds is 5. The summed E-state index contributed by atoms with van der Waals surface area (Å²) in [6.07, 6.45) is 5.47. The van der Waals surface area contributed by atoms with Crippen molar-refractivity contribution in [1.82, 2.24) is 28.6 Å². The zero-order chi connectivity index (χ0) is 17.1. The Morgan fingerprint density at radius 2 is 1.68 bits per heavy atom. The van der Waals surface area contributed by atoms with Crippen molar-refractivity contribution in [3.8, 4) is 11.5 Å². The van der Waals surface area contributed by atoms with Gasteiger partial charge in [0.2, 0.25) is 0 Å². The Labute approximate surface area is 149 Å². The molecule has 0 fully saturated rings. The molecule has 6 nitrogen and oxygen atoms in total. The zero-order valence-corrected chi connectivity index (χ0v) is 14.5. The van der Waals surface area contributed by atoms with Gasteiger partial charge in [-0.1, -0.05) is 12.1 Å². The predicted octanol–water partition coefficient (Wildman–Crippen LogP) is 3.18.